The zero-order chi connectivity index (χ0) is 24.4. The Bertz CT molecular complexity index is 1220. The normalized spacial score (nSPS) is 10.8. The highest BCUT2D eigenvalue weighted by Crippen LogP contribution is 2.34. The Morgan fingerprint density at radius 2 is 1.70 bits per heavy atom. The van der Waals surface area contributed by atoms with E-state index in [1.54, 1.807) is 24.1 Å². The fraction of sp³-hybridized carbons (Fsp3) is 0.333. The molecule has 0 fully saturated rings. The molecule has 0 unspecified atom stereocenters. The van der Waals surface area contributed by atoms with Crippen LogP contribution in [0.5, 0.6) is 0 Å². The first-order valence-electron chi connectivity index (χ1n) is 10.3. The predicted octanol–water partition coefficient (Wildman–Crippen LogP) is 4.84. The minimum absolute atomic E-state index is 0.0714. The number of thiazole rings is 1. The number of aromatic nitrogens is 2. The van der Waals surface area contributed by atoms with Crippen molar-refractivity contribution < 1.29 is 23.9 Å². The van der Waals surface area contributed by atoms with Crippen molar-refractivity contribution in [2.45, 2.75) is 48.1 Å². The van der Waals surface area contributed by atoms with Gasteiger partial charge in [0, 0.05) is 18.0 Å². The first-order chi connectivity index (χ1) is 15.5. The maximum Gasteiger partial charge on any atom is 0.355 e. The molecule has 2 heterocycles. The minimum atomic E-state index is -0.603. The molecular weight excluding hydrogens is 442 g/mol. The van der Waals surface area contributed by atoms with Crippen molar-refractivity contribution in [3.63, 3.8) is 0 Å². The predicted molar refractivity (Wildman–Crippen MR) is 126 cm³/mol. The Labute approximate surface area is 196 Å². The topological polar surface area (TPSA) is 102 Å². The quantitative estimate of drug-likeness (QED) is 0.518. The number of amides is 1. The first kappa shape index (κ1) is 24.2. The van der Waals surface area contributed by atoms with E-state index in [0.29, 0.717) is 27.6 Å². The molecule has 2 aromatic heterocycles. The lowest BCUT2D eigenvalue weighted by Gasteiger charge is -2.23. The van der Waals surface area contributed by atoms with E-state index in [4.69, 9.17) is 9.47 Å². The van der Waals surface area contributed by atoms with Crippen LogP contribution in [-0.4, -0.2) is 34.9 Å². The monoisotopic (exact) mass is 469 g/mol. The fourth-order valence-electron chi connectivity index (χ4n) is 3.95. The molecule has 0 radical (unpaired) electrons. The third kappa shape index (κ3) is 4.83. The van der Waals surface area contributed by atoms with Crippen LogP contribution in [0.4, 0.5) is 10.8 Å². The van der Waals surface area contributed by atoms with Crippen molar-refractivity contribution >= 4 is 40.0 Å². The van der Waals surface area contributed by atoms with Crippen LogP contribution in [0.25, 0.3) is 0 Å². The van der Waals surface area contributed by atoms with E-state index in [1.807, 2.05) is 32.9 Å². The Hall–Kier alpha value is -3.46. The van der Waals surface area contributed by atoms with Gasteiger partial charge < -0.3 is 14.5 Å². The third-order valence-electron chi connectivity index (χ3n) is 5.29. The van der Waals surface area contributed by atoms with E-state index in [2.05, 4.69) is 9.97 Å². The minimum Gasteiger partial charge on any atom is -0.465 e. The lowest BCUT2D eigenvalue weighted by molar-refractivity contribution is -0.115. The number of nitrogens with one attached hydrogen (secondary N) is 1. The Balaban J connectivity index is 1.80. The molecule has 0 atom stereocenters. The molecule has 0 bridgehead atoms. The van der Waals surface area contributed by atoms with Crippen LogP contribution in [-0.2, 0) is 20.9 Å². The van der Waals surface area contributed by atoms with Crippen molar-refractivity contribution in [2.75, 3.05) is 12.0 Å². The van der Waals surface area contributed by atoms with Gasteiger partial charge in [0.1, 0.15) is 12.3 Å². The molecule has 0 spiro atoms. The van der Waals surface area contributed by atoms with Gasteiger partial charge in [-0.25, -0.2) is 14.6 Å². The second kappa shape index (κ2) is 9.58. The van der Waals surface area contributed by atoms with Gasteiger partial charge in [-0.15, -0.1) is 11.3 Å². The largest absolute Gasteiger partial charge is 0.465 e. The Kier molecular flexibility index (Phi) is 7.02. The van der Waals surface area contributed by atoms with Crippen molar-refractivity contribution in [1.82, 2.24) is 9.97 Å². The molecule has 1 N–H and O–H groups in total. The van der Waals surface area contributed by atoms with Gasteiger partial charge in [0.15, 0.2) is 5.13 Å². The van der Waals surface area contributed by atoms with E-state index >= 15 is 0 Å². The lowest BCUT2D eigenvalue weighted by atomic mass is 10.0. The van der Waals surface area contributed by atoms with Crippen molar-refractivity contribution in [3.05, 3.63) is 62.4 Å². The maximum atomic E-state index is 12.6. The molecule has 33 heavy (non-hydrogen) atoms. The summed E-state index contributed by atoms with van der Waals surface area (Å²) in [4.78, 5) is 46.1. The summed E-state index contributed by atoms with van der Waals surface area (Å²) in [7, 11) is 1.29. The summed E-state index contributed by atoms with van der Waals surface area (Å²) in [5.74, 6) is -1.28. The van der Waals surface area contributed by atoms with Crippen LogP contribution in [0.3, 0.4) is 0 Å². The number of hydrogen-bond donors (Lipinski definition) is 1. The molecule has 3 aromatic rings. The van der Waals surface area contributed by atoms with Gasteiger partial charge in [-0.2, -0.15) is 0 Å². The van der Waals surface area contributed by atoms with E-state index < -0.39 is 11.9 Å². The summed E-state index contributed by atoms with van der Waals surface area (Å²) in [6, 6.07) is 4.05. The van der Waals surface area contributed by atoms with Crippen molar-refractivity contribution in [1.29, 1.82) is 0 Å². The summed E-state index contributed by atoms with van der Waals surface area (Å²) >= 11 is 1.30. The van der Waals surface area contributed by atoms with E-state index in [0.717, 1.165) is 22.4 Å². The molecule has 174 valence electrons. The maximum absolute atomic E-state index is 12.6. The average Bonchev–Trinajstić information content (AvgIpc) is 3.31. The second-order valence-electron chi connectivity index (χ2n) is 7.92. The molecule has 1 amide bonds. The molecule has 1 aromatic carbocycles. The van der Waals surface area contributed by atoms with E-state index in [-0.39, 0.29) is 18.2 Å². The van der Waals surface area contributed by atoms with Crippen LogP contribution in [0.1, 0.15) is 61.4 Å². The molecule has 0 saturated carbocycles. The van der Waals surface area contributed by atoms with Gasteiger partial charge >= 0.3 is 11.9 Å². The van der Waals surface area contributed by atoms with Gasteiger partial charge in [-0.1, -0.05) is 17.7 Å². The van der Waals surface area contributed by atoms with Crippen LogP contribution >= 0.6 is 11.3 Å². The number of rotatable bonds is 6. The highest BCUT2D eigenvalue weighted by atomic mass is 32.1. The number of benzene rings is 1. The summed E-state index contributed by atoms with van der Waals surface area (Å²) in [5, 5.41) is 2.26. The summed E-state index contributed by atoms with van der Waals surface area (Å²) < 4.78 is 10.2. The van der Waals surface area contributed by atoms with Crippen LogP contribution in [0.2, 0.25) is 0 Å². The van der Waals surface area contributed by atoms with Gasteiger partial charge in [-0.3, -0.25) is 9.69 Å². The smallest absolute Gasteiger partial charge is 0.355 e. The van der Waals surface area contributed by atoms with E-state index in [1.165, 1.54) is 25.4 Å². The number of nitrogens with zero attached hydrogens (tertiary/aromatic N) is 2. The van der Waals surface area contributed by atoms with Gasteiger partial charge in [0.05, 0.1) is 24.1 Å². The van der Waals surface area contributed by atoms with Gasteiger partial charge in [0.25, 0.3) is 0 Å². The van der Waals surface area contributed by atoms with Crippen molar-refractivity contribution in [2.24, 2.45) is 0 Å². The number of ether oxygens (including phenoxy) is 2. The molecule has 3 rings (SSSR count). The van der Waals surface area contributed by atoms with E-state index in [9.17, 15) is 14.4 Å². The molecule has 0 saturated heterocycles. The Morgan fingerprint density at radius 1 is 1.06 bits per heavy atom. The average molecular weight is 470 g/mol. The summed E-state index contributed by atoms with van der Waals surface area (Å²) in [5.41, 5.74) is 5.91. The molecule has 9 heteroatoms. The molecule has 0 aliphatic heterocycles. The summed E-state index contributed by atoms with van der Waals surface area (Å²) in [6.45, 7) is 10.7. The van der Waals surface area contributed by atoms with Crippen LogP contribution < -0.4 is 4.90 Å². The zero-order valence-corrected chi connectivity index (χ0v) is 20.6. The summed E-state index contributed by atoms with van der Waals surface area (Å²) in [6.07, 6.45) is 0. The highest BCUT2D eigenvalue weighted by Gasteiger charge is 2.25. The highest BCUT2D eigenvalue weighted by molar-refractivity contribution is 7.14. The number of aryl methyl sites for hydroxylation is 4. The SMILES string of the molecule is COC(=O)c1c(C)[nH]c(C(=O)OCc2csc(N(C(C)=O)c3c(C)cc(C)cc3C)n2)c1C. The molecular formula is C24H27N3O5S. The Morgan fingerprint density at radius 3 is 2.27 bits per heavy atom. The number of carbonyl (C=O) groups excluding carboxylic acids is 3. The lowest BCUT2D eigenvalue weighted by Crippen LogP contribution is -2.24. The molecule has 0 aliphatic carbocycles. The standard InChI is InChI=1S/C24H27N3O5S/c1-12-8-13(2)21(14(3)9-12)27(17(6)28)24-26-18(11-33-24)10-32-23(30)20-15(4)19(16(5)25-20)22(29)31-7/h8-9,11,25H,10H2,1-7H3. The molecule has 8 nitrogen and oxygen atoms in total. The second-order valence-corrected chi connectivity index (χ2v) is 8.75. The van der Waals surface area contributed by atoms with Gasteiger partial charge in [0.2, 0.25) is 5.91 Å². The van der Waals surface area contributed by atoms with Gasteiger partial charge in [-0.05, 0) is 51.3 Å². The fourth-order valence-corrected chi connectivity index (χ4v) is 4.81. The molecule has 0 aliphatic rings. The number of esters is 2. The zero-order valence-electron chi connectivity index (χ0n) is 19.8. The number of hydrogen-bond acceptors (Lipinski definition) is 7. The number of anilines is 2. The first-order valence-corrected chi connectivity index (χ1v) is 11.2. The third-order valence-corrected chi connectivity index (χ3v) is 6.16. The number of methoxy groups -OCH3 is 1. The van der Waals surface area contributed by atoms with Crippen LogP contribution in [0, 0.1) is 34.6 Å². The van der Waals surface area contributed by atoms with Crippen molar-refractivity contribution in [3.8, 4) is 0 Å². The van der Waals surface area contributed by atoms with Crippen LogP contribution in [0.15, 0.2) is 17.5 Å². The number of aromatic amines is 1. The number of carbonyl (C=O) groups is 3. The number of H-pyrrole nitrogens is 1.